The number of alkyl halides is 3. The van der Waals surface area contributed by atoms with Crippen LogP contribution in [-0.2, 0) is 16.0 Å². The molecule has 0 aliphatic heterocycles. The molecule has 2 amide bonds. The number of nitrogens with one attached hydrogen (secondary N) is 1. The van der Waals surface area contributed by atoms with E-state index in [1.54, 1.807) is 30.5 Å². The van der Waals surface area contributed by atoms with E-state index in [0.717, 1.165) is 17.7 Å². The largest absolute Gasteiger partial charge is 0.573 e. The third-order valence-corrected chi connectivity index (χ3v) is 4.83. The predicted molar refractivity (Wildman–Crippen MR) is 105 cm³/mol. The van der Waals surface area contributed by atoms with Gasteiger partial charge in [-0.05, 0) is 42.5 Å². The van der Waals surface area contributed by atoms with Gasteiger partial charge < -0.3 is 9.47 Å². The zero-order valence-electron chi connectivity index (χ0n) is 15.8. The van der Waals surface area contributed by atoms with Crippen molar-refractivity contribution in [2.45, 2.75) is 18.0 Å². The fourth-order valence-electron chi connectivity index (χ4n) is 2.47. The van der Waals surface area contributed by atoms with E-state index in [0.29, 0.717) is 18.6 Å². The third kappa shape index (κ3) is 7.43. The minimum absolute atomic E-state index is 0.0253. The van der Waals surface area contributed by atoms with E-state index >= 15 is 0 Å². The molecule has 160 valence electrons. The van der Waals surface area contributed by atoms with Crippen LogP contribution in [0.1, 0.15) is 15.9 Å². The number of carbonyl (C=O) groups excluding carboxylic acids is 3. The Labute approximate surface area is 174 Å². The van der Waals surface area contributed by atoms with Gasteiger partial charge in [0.2, 0.25) is 12.3 Å². The highest BCUT2D eigenvalue weighted by atomic mass is 32.2. The Morgan fingerprint density at radius 1 is 1.13 bits per heavy atom. The van der Waals surface area contributed by atoms with E-state index < -0.39 is 23.1 Å². The number of carbonyl (C=O) groups is 3. The molecule has 0 bridgehead atoms. The normalized spacial score (nSPS) is 12.0. The number of hydrogen-bond donors (Lipinski definition) is 1. The number of ether oxygens (including phenoxy) is 2. The summed E-state index contributed by atoms with van der Waals surface area (Å²) < 4.78 is 46.1. The molecule has 10 heteroatoms. The van der Waals surface area contributed by atoms with E-state index in [9.17, 15) is 27.6 Å². The molecule has 1 N–H and O–H groups in total. The SMILES string of the molecule is CSC(Cc1ccc(OCC(=O)c2cccc(OC(F)(F)F)c2)cc1)C(=O)NC=O. The lowest BCUT2D eigenvalue weighted by Gasteiger charge is -2.13. The maximum absolute atomic E-state index is 12.3. The van der Waals surface area contributed by atoms with E-state index in [-0.39, 0.29) is 18.1 Å². The molecule has 0 spiro atoms. The van der Waals surface area contributed by atoms with Crippen LogP contribution in [0.3, 0.4) is 0 Å². The Balaban J connectivity index is 1.93. The van der Waals surface area contributed by atoms with Crippen molar-refractivity contribution in [1.29, 1.82) is 0 Å². The van der Waals surface area contributed by atoms with Crippen LogP contribution >= 0.6 is 11.8 Å². The van der Waals surface area contributed by atoms with Crippen LogP contribution in [-0.4, -0.2) is 42.6 Å². The van der Waals surface area contributed by atoms with Crippen molar-refractivity contribution >= 4 is 29.9 Å². The van der Waals surface area contributed by atoms with Gasteiger partial charge in [0, 0.05) is 5.56 Å². The summed E-state index contributed by atoms with van der Waals surface area (Å²) >= 11 is 1.31. The number of amides is 2. The Morgan fingerprint density at radius 3 is 2.43 bits per heavy atom. The molecule has 6 nitrogen and oxygen atoms in total. The summed E-state index contributed by atoms with van der Waals surface area (Å²) in [6, 6.07) is 11.4. The molecule has 2 aromatic carbocycles. The number of ketones is 1. The summed E-state index contributed by atoms with van der Waals surface area (Å²) in [7, 11) is 0. The number of rotatable bonds is 10. The van der Waals surface area contributed by atoms with Crippen molar-refractivity contribution in [3.05, 3.63) is 59.7 Å². The Hall–Kier alpha value is -3.01. The first kappa shape index (κ1) is 23.3. The van der Waals surface area contributed by atoms with Crippen LogP contribution in [0.2, 0.25) is 0 Å². The second kappa shape index (κ2) is 10.7. The molecule has 0 radical (unpaired) electrons. The van der Waals surface area contributed by atoms with Crippen molar-refractivity contribution < 1.29 is 37.0 Å². The Morgan fingerprint density at radius 2 is 1.83 bits per heavy atom. The molecule has 0 saturated carbocycles. The molecule has 30 heavy (non-hydrogen) atoms. The standard InChI is InChI=1S/C20H18F3NO5S/c1-30-18(19(27)24-12-25)9-13-5-7-15(8-6-13)28-11-17(26)14-3-2-4-16(10-14)29-20(21,22)23/h2-8,10,12,18H,9,11H2,1H3,(H,24,25,27). The van der Waals surface area contributed by atoms with Gasteiger partial charge in [-0.25, -0.2) is 0 Å². The second-order valence-electron chi connectivity index (χ2n) is 5.99. The van der Waals surface area contributed by atoms with Crippen molar-refractivity contribution in [2.75, 3.05) is 12.9 Å². The van der Waals surface area contributed by atoms with Crippen molar-refractivity contribution in [1.82, 2.24) is 5.32 Å². The van der Waals surface area contributed by atoms with Crippen LogP contribution in [0.25, 0.3) is 0 Å². The molecule has 0 heterocycles. The molecule has 2 rings (SSSR count). The first-order chi connectivity index (χ1) is 14.2. The lowest BCUT2D eigenvalue weighted by Crippen LogP contribution is -2.32. The molecule has 2 aromatic rings. The quantitative estimate of drug-likeness (QED) is 0.450. The van der Waals surface area contributed by atoms with E-state index in [1.807, 2.05) is 0 Å². The van der Waals surface area contributed by atoms with Crippen LogP contribution in [0.15, 0.2) is 48.5 Å². The zero-order valence-corrected chi connectivity index (χ0v) is 16.6. The van der Waals surface area contributed by atoms with Crippen LogP contribution in [0.4, 0.5) is 13.2 Å². The molecule has 0 aromatic heterocycles. The highest BCUT2D eigenvalue weighted by Gasteiger charge is 2.31. The fourth-order valence-corrected chi connectivity index (χ4v) is 3.11. The van der Waals surface area contributed by atoms with Crippen LogP contribution in [0.5, 0.6) is 11.5 Å². The Kier molecular flexibility index (Phi) is 8.28. The summed E-state index contributed by atoms with van der Waals surface area (Å²) in [5.41, 5.74) is 0.850. The van der Waals surface area contributed by atoms with Gasteiger partial charge in [-0.3, -0.25) is 19.7 Å². The van der Waals surface area contributed by atoms with Gasteiger partial charge in [0.05, 0.1) is 5.25 Å². The second-order valence-corrected chi connectivity index (χ2v) is 7.03. The van der Waals surface area contributed by atoms with Gasteiger partial charge in [0.1, 0.15) is 11.5 Å². The average molecular weight is 441 g/mol. The summed E-state index contributed by atoms with van der Waals surface area (Å²) in [6.45, 7) is -0.371. The number of Topliss-reactive ketones (excluding diaryl/α,β-unsaturated/α-hetero) is 1. The van der Waals surface area contributed by atoms with Gasteiger partial charge in [-0.1, -0.05) is 24.3 Å². The fraction of sp³-hybridized carbons (Fsp3) is 0.250. The maximum Gasteiger partial charge on any atom is 0.573 e. The van der Waals surface area contributed by atoms with Crippen molar-refractivity contribution in [2.24, 2.45) is 0 Å². The van der Waals surface area contributed by atoms with Gasteiger partial charge in [-0.15, -0.1) is 13.2 Å². The monoisotopic (exact) mass is 441 g/mol. The molecule has 0 aliphatic rings. The van der Waals surface area contributed by atoms with E-state index in [1.165, 1.54) is 23.9 Å². The lowest BCUT2D eigenvalue weighted by atomic mass is 10.1. The first-order valence-corrected chi connectivity index (χ1v) is 9.88. The predicted octanol–water partition coefficient (Wildman–Crippen LogP) is 3.39. The van der Waals surface area contributed by atoms with Crippen molar-refractivity contribution in [3.63, 3.8) is 0 Å². The number of thioether (sulfide) groups is 1. The molecular formula is C20H18F3NO5S. The van der Waals surface area contributed by atoms with Gasteiger partial charge >= 0.3 is 6.36 Å². The Bertz CT molecular complexity index is 887. The van der Waals surface area contributed by atoms with Gasteiger partial charge in [0.25, 0.3) is 0 Å². The van der Waals surface area contributed by atoms with Crippen molar-refractivity contribution in [3.8, 4) is 11.5 Å². The molecule has 0 saturated heterocycles. The molecule has 1 unspecified atom stereocenters. The summed E-state index contributed by atoms with van der Waals surface area (Å²) in [5.74, 6) is -1.01. The zero-order chi connectivity index (χ0) is 22.1. The summed E-state index contributed by atoms with van der Waals surface area (Å²) in [4.78, 5) is 34.3. The smallest absolute Gasteiger partial charge is 0.485 e. The number of halogens is 3. The average Bonchev–Trinajstić information content (AvgIpc) is 2.70. The molecule has 0 aliphatic carbocycles. The van der Waals surface area contributed by atoms with Crippen LogP contribution in [0, 0.1) is 0 Å². The summed E-state index contributed by atoms with van der Waals surface area (Å²) in [6.07, 6.45) is -2.35. The molecular weight excluding hydrogens is 423 g/mol. The minimum atomic E-state index is -4.84. The third-order valence-electron chi connectivity index (χ3n) is 3.88. The molecule has 0 fully saturated rings. The maximum atomic E-state index is 12.3. The van der Waals surface area contributed by atoms with E-state index in [4.69, 9.17) is 4.74 Å². The summed E-state index contributed by atoms with van der Waals surface area (Å²) in [5, 5.41) is 1.68. The molecule has 1 atom stereocenters. The van der Waals surface area contributed by atoms with Gasteiger partial charge in [-0.2, -0.15) is 11.8 Å². The highest BCUT2D eigenvalue weighted by Crippen LogP contribution is 2.24. The topological polar surface area (TPSA) is 81.7 Å². The lowest BCUT2D eigenvalue weighted by molar-refractivity contribution is -0.274. The number of hydrogen-bond acceptors (Lipinski definition) is 6. The highest BCUT2D eigenvalue weighted by molar-refractivity contribution is 7.99. The van der Waals surface area contributed by atoms with Crippen LogP contribution < -0.4 is 14.8 Å². The van der Waals surface area contributed by atoms with Gasteiger partial charge in [0.15, 0.2) is 12.4 Å². The number of benzene rings is 2. The minimum Gasteiger partial charge on any atom is -0.485 e. The number of imide groups is 1. The first-order valence-electron chi connectivity index (χ1n) is 8.59. The van der Waals surface area contributed by atoms with E-state index in [2.05, 4.69) is 10.1 Å².